The Hall–Kier alpha value is -0.830. The van der Waals surface area contributed by atoms with Gasteiger partial charge in [-0.05, 0) is 34.1 Å². The lowest BCUT2D eigenvalue weighted by Crippen LogP contribution is -1.65. The summed E-state index contributed by atoms with van der Waals surface area (Å²) in [6.07, 6.45) is 4.78. The van der Waals surface area contributed by atoms with Gasteiger partial charge >= 0.3 is 0 Å². The van der Waals surface area contributed by atoms with Crippen molar-refractivity contribution < 1.29 is 9.21 Å². The largest absolute Gasteiger partial charge is 0.450 e. The quantitative estimate of drug-likeness (QED) is 0.725. The van der Waals surface area contributed by atoms with Gasteiger partial charge in [-0.1, -0.05) is 6.08 Å². The highest BCUT2D eigenvalue weighted by Crippen LogP contribution is 2.14. The molecule has 3 heteroatoms. The van der Waals surface area contributed by atoms with Crippen LogP contribution in [0.25, 0.3) is 6.08 Å². The van der Waals surface area contributed by atoms with Gasteiger partial charge in [-0.25, -0.2) is 0 Å². The number of rotatable bonds is 3. The molecular weight excluding hydrogens is 208 g/mol. The van der Waals surface area contributed by atoms with Crippen molar-refractivity contribution in [2.75, 3.05) is 0 Å². The maximum Gasteiger partial charge on any atom is 0.169 e. The highest BCUT2D eigenvalue weighted by molar-refractivity contribution is 9.10. The molecule has 0 N–H and O–H groups in total. The van der Waals surface area contributed by atoms with Crippen molar-refractivity contribution in [2.45, 2.75) is 6.42 Å². The van der Waals surface area contributed by atoms with E-state index >= 15 is 0 Å². The number of hydrogen-bond acceptors (Lipinski definition) is 2. The van der Waals surface area contributed by atoms with E-state index in [1.54, 1.807) is 18.2 Å². The number of hydrogen-bond donors (Lipinski definition) is 0. The van der Waals surface area contributed by atoms with E-state index in [0.29, 0.717) is 11.1 Å². The molecular formula is C8H7BrO2. The van der Waals surface area contributed by atoms with Crippen LogP contribution in [0.4, 0.5) is 0 Å². The minimum Gasteiger partial charge on any atom is -0.450 e. The van der Waals surface area contributed by atoms with Crippen molar-refractivity contribution in [3.63, 3.8) is 0 Å². The van der Waals surface area contributed by atoms with Crippen molar-refractivity contribution >= 4 is 28.3 Å². The normalized spacial score (nSPS) is 10.6. The zero-order valence-corrected chi connectivity index (χ0v) is 7.37. The summed E-state index contributed by atoms with van der Waals surface area (Å²) in [6.45, 7) is 0. The number of halogens is 1. The van der Waals surface area contributed by atoms with Crippen molar-refractivity contribution in [2.24, 2.45) is 0 Å². The third kappa shape index (κ3) is 2.72. The lowest BCUT2D eigenvalue weighted by Gasteiger charge is -1.81. The fourth-order valence-corrected chi connectivity index (χ4v) is 0.977. The Morgan fingerprint density at radius 1 is 1.55 bits per heavy atom. The monoisotopic (exact) mass is 214 g/mol. The van der Waals surface area contributed by atoms with Gasteiger partial charge in [-0.15, -0.1) is 0 Å². The fourth-order valence-electron chi connectivity index (χ4n) is 0.658. The molecule has 0 spiro atoms. The fraction of sp³-hybridized carbons (Fsp3) is 0.125. The van der Waals surface area contributed by atoms with E-state index in [-0.39, 0.29) is 0 Å². The molecule has 0 unspecified atom stereocenters. The molecule has 0 aliphatic carbocycles. The SMILES string of the molecule is O=CC/C=C\c1ccc(Br)o1. The van der Waals surface area contributed by atoms with Crippen LogP contribution < -0.4 is 0 Å². The molecule has 0 atom stereocenters. The first kappa shape index (κ1) is 8.27. The lowest BCUT2D eigenvalue weighted by atomic mass is 10.3. The molecule has 1 aromatic rings. The van der Waals surface area contributed by atoms with Gasteiger partial charge < -0.3 is 9.21 Å². The molecule has 0 aromatic carbocycles. The van der Waals surface area contributed by atoms with E-state index in [9.17, 15) is 4.79 Å². The predicted octanol–water partition coefficient (Wildman–Crippen LogP) is 2.64. The molecule has 0 bridgehead atoms. The van der Waals surface area contributed by atoms with Crippen molar-refractivity contribution in [3.8, 4) is 0 Å². The first-order chi connectivity index (χ1) is 5.33. The average Bonchev–Trinajstić information content (AvgIpc) is 2.37. The van der Waals surface area contributed by atoms with Crippen LogP contribution in [-0.4, -0.2) is 6.29 Å². The summed E-state index contributed by atoms with van der Waals surface area (Å²) in [5, 5.41) is 0. The minimum absolute atomic E-state index is 0.429. The Kier molecular flexibility index (Phi) is 3.11. The first-order valence-corrected chi connectivity index (χ1v) is 3.98. The number of carbonyl (C=O) groups is 1. The summed E-state index contributed by atoms with van der Waals surface area (Å²) in [6, 6.07) is 3.63. The zero-order chi connectivity index (χ0) is 8.10. The second-order valence-corrected chi connectivity index (χ2v) is 2.73. The van der Waals surface area contributed by atoms with Crippen molar-refractivity contribution in [1.29, 1.82) is 0 Å². The lowest BCUT2D eigenvalue weighted by molar-refractivity contribution is -0.107. The first-order valence-electron chi connectivity index (χ1n) is 3.18. The van der Waals surface area contributed by atoms with E-state index in [1.165, 1.54) is 0 Å². The molecule has 11 heavy (non-hydrogen) atoms. The number of aldehydes is 1. The molecule has 1 rings (SSSR count). The number of furan rings is 1. The van der Waals surface area contributed by atoms with Gasteiger partial charge in [-0.2, -0.15) is 0 Å². The standard InChI is InChI=1S/C8H7BrO2/c9-8-5-4-7(11-8)3-1-2-6-10/h1,3-6H,2H2/b3-1-. The van der Waals surface area contributed by atoms with Crippen LogP contribution in [-0.2, 0) is 4.79 Å². The summed E-state index contributed by atoms with van der Waals surface area (Å²) < 4.78 is 5.84. The number of allylic oxidation sites excluding steroid dienone is 1. The molecule has 0 radical (unpaired) electrons. The Bertz CT molecular complexity index is 263. The molecule has 1 heterocycles. The van der Waals surface area contributed by atoms with Gasteiger partial charge in [0, 0.05) is 6.42 Å². The van der Waals surface area contributed by atoms with Gasteiger partial charge in [0.05, 0.1) is 0 Å². The molecule has 0 aliphatic rings. The zero-order valence-electron chi connectivity index (χ0n) is 5.79. The molecule has 0 saturated heterocycles. The van der Waals surface area contributed by atoms with Crippen LogP contribution in [0.5, 0.6) is 0 Å². The summed E-state index contributed by atoms with van der Waals surface area (Å²) in [4.78, 5) is 9.91. The molecule has 0 fully saturated rings. The molecule has 0 amide bonds. The Balaban J connectivity index is 2.56. The van der Waals surface area contributed by atoms with Gasteiger partial charge in [0.2, 0.25) is 0 Å². The van der Waals surface area contributed by atoms with Gasteiger partial charge in [0.1, 0.15) is 12.0 Å². The van der Waals surface area contributed by atoms with Crippen LogP contribution in [0.3, 0.4) is 0 Å². The maximum atomic E-state index is 9.91. The summed E-state index contributed by atoms with van der Waals surface area (Å²) in [5.41, 5.74) is 0. The van der Waals surface area contributed by atoms with E-state index in [2.05, 4.69) is 15.9 Å². The van der Waals surface area contributed by atoms with Crippen LogP contribution in [0.2, 0.25) is 0 Å². The maximum absolute atomic E-state index is 9.91. The molecule has 1 aromatic heterocycles. The van der Waals surface area contributed by atoms with E-state index in [0.717, 1.165) is 12.0 Å². The summed E-state index contributed by atoms with van der Waals surface area (Å²) in [5.74, 6) is 0.749. The van der Waals surface area contributed by atoms with E-state index in [1.807, 2.05) is 6.07 Å². The van der Waals surface area contributed by atoms with Gasteiger partial charge in [0.15, 0.2) is 4.67 Å². The highest BCUT2D eigenvalue weighted by Gasteiger charge is 1.92. The topological polar surface area (TPSA) is 30.2 Å². The Morgan fingerprint density at radius 2 is 2.36 bits per heavy atom. The minimum atomic E-state index is 0.429. The molecule has 2 nitrogen and oxygen atoms in total. The second-order valence-electron chi connectivity index (χ2n) is 1.95. The van der Waals surface area contributed by atoms with Crippen molar-refractivity contribution in [1.82, 2.24) is 0 Å². The summed E-state index contributed by atoms with van der Waals surface area (Å²) in [7, 11) is 0. The summed E-state index contributed by atoms with van der Waals surface area (Å²) >= 11 is 3.17. The average molecular weight is 215 g/mol. The Labute approximate surface area is 73.0 Å². The van der Waals surface area contributed by atoms with Crippen molar-refractivity contribution in [3.05, 3.63) is 28.6 Å². The third-order valence-electron chi connectivity index (χ3n) is 1.11. The van der Waals surface area contributed by atoms with E-state index < -0.39 is 0 Å². The second kappa shape index (κ2) is 4.13. The third-order valence-corrected chi connectivity index (χ3v) is 1.53. The van der Waals surface area contributed by atoms with Gasteiger partial charge in [-0.3, -0.25) is 0 Å². The van der Waals surface area contributed by atoms with Crippen LogP contribution in [0, 0.1) is 0 Å². The molecule has 58 valence electrons. The number of carbonyl (C=O) groups excluding carboxylic acids is 1. The molecule has 0 aliphatic heterocycles. The molecule has 0 saturated carbocycles. The van der Waals surface area contributed by atoms with Crippen LogP contribution in [0.15, 0.2) is 27.3 Å². The highest BCUT2D eigenvalue weighted by atomic mass is 79.9. The smallest absolute Gasteiger partial charge is 0.169 e. The predicted molar refractivity (Wildman–Crippen MR) is 46.1 cm³/mol. The van der Waals surface area contributed by atoms with Crippen LogP contribution in [0.1, 0.15) is 12.2 Å². The Morgan fingerprint density at radius 3 is 2.91 bits per heavy atom. The van der Waals surface area contributed by atoms with Crippen LogP contribution >= 0.6 is 15.9 Å². The van der Waals surface area contributed by atoms with Gasteiger partial charge in [0.25, 0.3) is 0 Å². The van der Waals surface area contributed by atoms with E-state index in [4.69, 9.17) is 4.42 Å².